The van der Waals surface area contributed by atoms with Crippen LogP contribution in [0.15, 0.2) is 55.1 Å². The molecule has 9 heteroatoms. The van der Waals surface area contributed by atoms with E-state index >= 15 is 0 Å². The predicted octanol–water partition coefficient (Wildman–Crippen LogP) is 4.28. The Hall–Kier alpha value is -3.88. The second-order valence-electron chi connectivity index (χ2n) is 11.9. The summed E-state index contributed by atoms with van der Waals surface area (Å²) in [6, 6.07) is 13.1. The number of carbonyl (C=O) groups is 4. The van der Waals surface area contributed by atoms with E-state index in [-0.39, 0.29) is 12.3 Å². The number of hydrogen-bond acceptors (Lipinski definition) is 5. The lowest BCUT2D eigenvalue weighted by atomic mass is 9.80. The highest BCUT2D eigenvalue weighted by Crippen LogP contribution is 2.29. The number of ether oxygens (including phenoxy) is 1. The lowest BCUT2D eigenvalue weighted by molar-refractivity contribution is -0.135. The van der Waals surface area contributed by atoms with E-state index in [4.69, 9.17) is 10.5 Å². The summed E-state index contributed by atoms with van der Waals surface area (Å²) >= 11 is 0. The van der Waals surface area contributed by atoms with Crippen LogP contribution in [0.3, 0.4) is 0 Å². The maximum atomic E-state index is 13.6. The molecule has 2 atom stereocenters. The molecule has 4 amide bonds. The second kappa shape index (κ2) is 14.1. The molecule has 0 aliphatic heterocycles. The number of rotatable bonds is 12. The van der Waals surface area contributed by atoms with Crippen molar-refractivity contribution >= 4 is 34.6 Å². The van der Waals surface area contributed by atoms with Gasteiger partial charge in [0, 0.05) is 6.54 Å². The van der Waals surface area contributed by atoms with Gasteiger partial charge in [0.05, 0.1) is 6.42 Å². The molecule has 0 spiro atoms. The quantitative estimate of drug-likeness (QED) is 0.285. The average Bonchev–Trinajstić information content (AvgIpc) is 2.90. The van der Waals surface area contributed by atoms with Gasteiger partial charge in [-0.2, -0.15) is 0 Å². The van der Waals surface area contributed by atoms with Crippen molar-refractivity contribution < 1.29 is 23.9 Å². The van der Waals surface area contributed by atoms with Crippen LogP contribution in [0.2, 0.25) is 0 Å². The number of fused-ring (bicyclic) bond motifs is 1. The van der Waals surface area contributed by atoms with E-state index in [2.05, 4.69) is 46.8 Å². The number of amides is 4. The zero-order valence-electron chi connectivity index (χ0n) is 24.5. The molecule has 9 nitrogen and oxygen atoms in total. The van der Waals surface area contributed by atoms with Gasteiger partial charge in [-0.25, -0.2) is 4.79 Å². The van der Waals surface area contributed by atoms with Crippen molar-refractivity contribution in [2.24, 2.45) is 11.7 Å². The van der Waals surface area contributed by atoms with Crippen molar-refractivity contribution in [3.8, 4) is 0 Å². The lowest BCUT2D eigenvalue weighted by Crippen LogP contribution is -2.63. The number of carbonyl (C=O) groups excluding carboxylic acids is 4. The molecule has 1 saturated carbocycles. The minimum Gasteiger partial charge on any atom is -0.444 e. The van der Waals surface area contributed by atoms with E-state index in [9.17, 15) is 19.2 Å². The first-order valence-corrected chi connectivity index (χ1v) is 14.4. The fraction of sp³-hybridized carbons (Fsp3) is 0.500. The van der Waals surface area contributed by atoms with Crippen LogP contribution in [0.1, 0.15) is 71.3 Å². The molecule has 1 aliphatic rings. The van der Waals surface area contributed by atoms with Crippen LogP contribution in [0.4, 0.5) is 4.79 Å². The van der Waals surface area contributed by atoms with Crippen molar-refractivity contribution in [2.75, 3.05) is 6.54 Å². The average molecular weight is 565 g/mol. The zero-order valence-corrected chi connectivity index (χ0v) is 24.5. The van der Waals surface area contributed by atoms with Gasteiger partial charge >= 0.3 is 6.09 Å². The van der Waals surface area contributed by atoms with E-state index in [1.807, 2.05) is 24.3 Å². The Bertz CT molecular complexity index is 1240. The van der Waals surface area contributed by atoms with E-state index in [0.717, 1.165) is 30.0 Å². The largest absolute Gasteiger partial charge is 0.444 e. The number of nitrogens with two attached hydrogens (primary N) is 1. The van der Waals surface area contributed by atoms with Crippen LogP contribution >= 0.6 is 0 Å². The standard InChI is InChI=1S/C32H44N4O5/c1-5-12-22(19-24-15-11-14-23-13-7-8-16-25(23)24)21-34-28(38)26(20-27(33)37)35-29(39)32(17-9-6-10-18-32)36-30(40)41-31(2,3)4/h5,7-8,11,13-16,22,26H,1,6,9-10,12,17-21H2,2-4H3,(H2,33,37)(H,34,38)(H,35,39)(H,36,40)/t22-,26-/m0/s1. The van der Waals surface area contributed by atoms with Gasteiger partial charge in [-0.3, -0.25) is 14.4 Å². The number of primary amides is 1. The summed E-state index contributed by atoms with van der Waals surface area (Å²) in [6.07, 6.45) is 5.31. The van der Waals surface area contributed by atoms with Gasteiger partial charge in [-0.1, -0.05) is 67.8 Å². The topological polar surface area (TPSA) is 140 Å². The Kier molecular flexibility index (Phi) is 10.9. The van der Waals surface area contributed by atoms with Gasteiger partial charge in [0.1, 0.15) is 17.2 Å². The fourth-order valence-corrected chi connectivity index (χ4v) is 5.39. The van der Waals surface area contributed by atoms with Gasteiger partial charge < -0.3 is 26.4 Å². The minimum absolute atomic E-state index is 0.0470. The highest BCUT2D eigenvalue weighted by Gasteiger charge is 2.43. The minimum atomic E-state index is -1.24. The number of benzene rings is 2. The smallest absolute Gasteiger partial charge is 0.408 e. The highest BCUT2D eigenvalue weighted by molar-refractivity contribution is 5.96. The van der Waals surface area contributed by atoms with Crippen LogP contribution in [0.25, 0.3) is 10.8 Å². The molecule has 1 fully saturated rings. The van der Waals surface area contributed by atoms with Crippen molar-refractivity contribution in [2.45, 2.75) is 89.3 Å². The normalized spacial score (nSPS) is 16.2. The number of hydrogen-bond donors (Lipinski definition) is 4. The molecule has 0 radical (unpaired) electrons. The Morgan fingerprint density at radius 3 is 2.39 bits per heavy atom. The van der Waals surface area contributed by atoms with Gasteiger partial charge in [0.25, 0.3) is 0 Å². The molecular formula is C32H44N4O5. The molecule has 3 rings (SSSR count). The molecule has 5 N–H and O–H groups in total. The Balaban J connectivity index is 1.71. The maximum Gasteiger partial charge on any atom is 0.408 e. The van der Waals surface area contributed by atoms with Gasteiger partial charge in [-0.05, 0) is 68.7 Å². The zero-order chi connectivity index (χ0) is 30.0. The summed E-state index contributed by atoms with van der Waals surface area (Å²) in [6.45, 7) is 9.42. The number of allylic oxidation sites excluding steroid dienone is 1. The molecule has 2 aromatic rings. The first-order valence-electron chi connectivity index (χ1n) is 14.4. The summed E-state index contributed by atoms with van der Waals surface area (Å²) in [5.41, 5.74) is 4.64. The van der Waals surface area contributed by atoms with E-state index in [1.165, 1.54) is 5.56 Å². The summed E-state index contributed by atoms with van der Waals surface area (Å²) < 4.78 is 5.40. The molecule has 41 heavy (non-hydrogen) atoms. The van der Waals surface area contributed by atoms with Crippen LogP contribution in [0, 0.1) is 5.92 Å². The summed E-state index contributed by atoms with van der Waals surface area (Å²) in [5.74, 6) is -1.71. The second-order valence-corrected chi connectivity index (χ2v) is 11.9. The van der Waals surface area contributed by atoms with Gasteiger partial charge in [-0.15, -0.1) is 6.58 Å². The Morgan fingerprint density at radius 1 is 1.05 bits per heavy atom. The summed E-state index contributed by atoms with van der Waals surface area (Å²) in [7, 11) is 0. The molecule has 0 bridgehead atoms. The van der Waals surface area contributed by atoms with E-state index in [1.54, 1.807) is 20.8 Å². The molecule has 2 aromatic carbocycles. The van der Waals surface area contributed by atoms with E-state index in [0.29, 0.717) is 32.2 Å². The molecule has 0 unspecified atom stereocenters. The van der Waals surface area contributed by atoms with Gasteiger partial charge in [0.2, 0.25) is 17.7 Å². The third-order valence-corrected chi connectivity index (χ3v) is 7.36. The van der Waals surface area contributed by atoms with Crippen molar-refractivity contribution in [1.29, 1.82) is 0 Å². The van der Waals surface area contributed by atoms with Crippen LogP contribution < -0.4 is 21.7 Å². The Morgan fingerprint density at radius 2 is 1.73 bits per heavy atom. The summed E-state index contributed by atoms with van der Waals surface area (Å²) in [5, 5.41) is 10.7. The van der Waals surface area contributed by atoms with Crippen LogP contribution in [0.5, 0.6) is 0 Å². The fourth-order valence-electron chi connectivity index (χ4n) is 5.39. The maximum absolute atomic E-state index is 13.6. The number of alkyl carbamates (subject to hydrolysis) is 1. The van der Waals surface area contributed by atoms with Crippen molar-refractivity contribution in [3.05, 3.63) is 60.7 Å². The first-order chi connectivity index (χ1) is 19.4. The predicted molar refractivity (Wildman–Crippen MR) is 160 cm³/mol. The SMILES string of the molecule is C=CC[C@H](CNC(=O)[C@H](CC(N)=O)NC(=O)C1(NC(=O)OC(C)(C)C)CCCCC1)Cc1cccc2ccccc12. The Labute approximate surface area is 242 Å². The molecule has 222 valence electrons. The third kappa shape index (κ3) is 9.33. The lowest BCUT2D eigenvalue weighted by Gasteiger charge is -2.37. The van der Waals surface area contributed by atoms with Crippen molar-refractivity contribution in [1.82, 2.24) is 16.0 Å². The van der Waals surface area contributed by atoms with Crippen LogP contribution in [-0.2, 0) is 25.5 Å². The van der Waals surface area contributed by atoms with Crippen LogP contribution in [-0.4, -0.2) is 47.5 Å². The third-order valence-electron chi connectivity index (χ3n) is 7.36. The number of nitrogens with one attached hydrogen (secondary N) is 3. The highest BCUT2D eigenvalue weighted by atomic mass is 16.6. The summed E-state index contributed by atoms with van der Waals surface area (Å²) in [4.78, 5) is 51.4. The van der Waals surface area contributed by atoms with E-state index < -0.39 is 41.0 Å². The first kappa shape index (κ1) is 31.6. The monoisotopic (exact) mass is 564 g/mol. The van der Waals surface area contributed by atoms with Gasteiger partial charge in [0.15, 0.2) is 0 Å². The molecule has 1 aliphatic carbocycles. The molecule has 0 saturated heterocycles. The molecule has 0 aromatic heterocycles. The van der Waals surface area contributed by atoms with Crippen molar-refractivity contribution in [3.63, 3.8) is 0 Å². The molecule has 0 heterocycles. The molecular weight excluding hydrogens is 520 g/mol.